The highest BCUT2D eigenvalue weighted by Gasteiger charge is 2.11. The molecule has 0 bridgehead atoms. The summed E-state index contributed by atoms with van der Waals surface area (Å²) in [6, 6.07) is 14.6. The second-order valence-corrected chi connectivity index (χ2v) is 6.34. The Morgan fingerprint density at radius 3 is 2.63 bits per heavy atom. The molecule has 6 nitrogen and oxygen atoms in total. The van der Waals surface area contributed by atoms with Gasteiger partial charge in [-0.1, -0.05) is 22.0 Å². The lowest BCUT2D eigenvalue weighted by molar-refractivity contribution is 0.0694. The lowest BCUT2D eigenvalue weighted by Gasteiger charge is -2.08. The van der Waals surface area contributed by atoms with Crippen molar-refractivity contribution in [2.45, 2.75) is 0 Å². The number of carbonyl (C=O) groups is 2. The van der Waals surface area contributed by atoms with Crippen molar-refractivity contribution < 1.29 is 19.4 Å². The second-order valence-electron chi connectivity index (χ2n) is 5.43. The Labute approximate surface area is 163 Å². The average molecular weight is 425 g/mol. The standard InChI is InChI=1S/C20H13BrN2O4/c21-16-6-7-18(27-20(26)14-4-2-8-22-11-14)15(9-16)12-23-17-5-1-3-13(10-17)19(24)25/h1-12H,(H,24,25). The Morgan fingerprint density at radius 1 is 1.07 bits per heavy atom. The van der Waals surface area contributed by atoms with Gasteiger partial charge in [-0.25, -0.2) is 9.59 Å². The normalized spacial score (nSPS) is 10.7. The number of carboxylic acids is 1. The van der Waals surface area contributed by atoms with E-state index in [4.69, 9.17) is 9.84 Å². The van der Waals surface area contributed by atoms with Crippen molar-refractivity contribution in [2.75, 3.05) is 0 Å². The van der Waals surface area contributed by atoms with Crippen molar-refractivity contribution in [1.29, 1.82) is 0 Å². The maximum Gasteiger partial charge on any atom is 0.345 e. The third-order valence-electron chi connectivity index (χ3n) is 3.52. The number of carboxylic acid groups (broad SMARTS) is 1. The SMILES string of the molecule is O=C(O)c1cccc(N=Cc2cc(Br)ccc2OC(=O)c2cccnc2)c1. The summed E-state index contributed by atoms with van der Waals surface area (Å²) < 4.78 is 6.23. The van der Waals surface area contributed by atoms with Gasteiger partial charge in [-0.3, -0.25) is 9.98 Å². The quantitative estimate of drug-likeness (QED) is 0.369. The number of aromatic nitrogens is 1. The van der Waals surface area contributed by atoms with Gasteiger partial charge in [0, 0.05) is 28.6 Å². The van der Waals surface area contributed by atoms with Crippen LogP contribution in [0.5, 0.6) is 5.75 Å². The minimum Gasteiger partial charge on any atom is -0.478 e. The number of aromatic carboxylic acids is 1. The number of halogens is 1. The van der Waals surface area contributed by atoms with E-state index in [0.29, 0.717) is 22.6 Å². The van der Waals surface area contributed by atoms with Crippen LogP contribution in [0.15, 0.2) is 76.5 Å². The number of aliphatic imine (C=N–C) groups is 1. The molecular weight excluding hydrogens is 412 g/mol. The van der Waals surface area contributed by atoms with E-state index in [1.807, 2.05) is 0 Å². The maximum atomic E-state index is 12.3. The lowest BCUT2D eigenvalue weighted by atomic mass is 10.2. The largest absolute Gasteiger partial charge is 0.478 e. The molecule has 27 heavy (non-hydrogen) atoms. The Balaban J connectivity index is 1.87. The van der Waals surface area contributed by atoms with Gasteiger partial charge in [0.25, 0.3) is 0 Å². The summed E-state index contributed by atoms with van der Waals surface area (Å²) in [6.07, 6.45) is 4.50. The predicted octanol–water partition coefficient (Wildman–Crippen LogP) is 4.51. The van der Waals surface area contributed by atoms with Gasteiger partial charge >= 0.3 is 11.9 Å². The van der Waals surface area contributed by atoms with Crippen LogP contribution in [0.1, 0.15) is 26.3 Å². The molecule has 0 spiro atoms. The topological polar surface area (TPSA) is 88.9 Å². The van der Waals surface area contributed by atoms with Crippen molar-refractivity contribution in [2.24, 2.45) is 4.99 Å². The smallest absolute Gasteiger partial charge is 0.345 e. The Kier molecular flexibility index (Phi) is 5.73. The number of hydrogen-bond donors (Lipinski definition) is 1. The molecule has 0 atom stereocenters. The molecule has 0 saturated carbocycles. The van der Waals surface area contributed by atoms with Crippen molar-refractivity contribution in [3.05, 3.63) is 88.2 Å². The average Bonchev–Trinajstić information content (AvgIpc) is 2.69. The summed E-state index contributed by atoms with van der Waals surface area (Å²) >= 11 is 3.37. The Hall–Kier alpha value is -3.32. The van der Waals surface area contributed by atoms with Gasteiger partial charge in [-0.2, -0.15) is 0 Å². The highest BCUT2D eigenvalue weighted by atomic mass is 79.9. The molecule has 0 fully saturated rings. The van der Waals surface area contributed by atoms with Crippen molar-refractivity contribution >= 4 is 39.8 Å². The molecule has 0 amide bonds. The molecule has 0 radical (unpaired) electrons. The van der Waals surface area contributed by atoms with Crippen LogP contribution in [0.2, 0.25) is 0 Å². The van der Waals surface area contributed by atoms with E-state index in [2.05, 4.69) is 25.9 Å². The molecule has 0 unspecified atom stereocenters. The number of pyridine rings is 1. The van der Waals surface area contributed by atoms with E-state index < -0.39 is 11.9 Å². The number of carbonyl (C=O) groups excluding carboxylic acids is 1. The van der Waals surface area contributed by atoms with E-state index in [-0.39, 0.29) is 5.56 Å². The number of nitrogens with zero attached hydrogens (tertiary/aromatic N) is 2. The number of esters is 1. The third kappa shape index (κ3) is 4.86. The van der Waals surface area contributed by atoms with Crippen LogP contribution in [0.4, 0.5) is 5.69 Å². The van der Waals surface area contributed by atoms with Gasteiger partial charge in [0.1, 0.15) is 5.75 Å². The van der Waals surface area contributed by atoms with Gasteiger partial charge in [0.15, 0.2) is 0 Å². The number of hydrogen-bond acceptors (Lipinski definition) is 5. The van der Waals surface area contributed by atoms with E-state index in [1.165, 1.54) is 24.5 Å². The number of ether oxygens (including phenoxy) is 1. The first-order valence-electron chi connectivity index (χ1n) is 7.82. The van der Waals surface area contributed by atoms with Gasteiger partial charge in [-0.15, -0.1) is 0 Å². The van der Waals surface area contributed by atoms with Crippen molar-refractivity contribution in [3.63, 3.8) is 0 Å². The highest BCUT2D eigenvalue weighted by molar-refractivity contribution is 9.10. The second kappa shape index (κ2) is 8.37. The van der Waals surface area contributed by atoms with E-state index in [1.54, 1.807) is 48.7 Å². The minimum atomic E-state index is -1.03. The van der Waals surface area contributed by atoms with Crippen LogP contribution in [-0.4, -0.2) is 28.2 Å². The third-order valence-corrected chi connectivity index (χ3v) is 4.01. The van der Waals surface area contributed by atoms with Gasteiger partial charge in [0.2, 0.25) is 0 Å². The van der Waals surface area contributed by atoms with E-state index in [9.17, 15) is 9.59 Å². The molecule has 1 heterocycles. The maximum absolute atomic E-state index is 12.3. The molecule has 0 aliphatic rings. The van der Waals surface area contributed by atoms with Gasteiger partial charge < -0.3 is 9.84 Å². The summed E-state index contributed by atoms with van der Waals surface area (Å²) in [4.78, 5) is 31.5. The van der Waals surface area contributed by atoms with Crippen LogP contribution in [0.3, 0.4) is 0 Å². The molecule has 3 rings (SSSR count). The lowest BCUT2D eigenvalue weighted by Crippen LogP contribution is -2.10. The van der Waals surface area contributed by atoms with E-state index in [0.717, 1.165) is 4.47 Å². The molecular formula is C20H13BrN2O4. The zero-order valence-corrected chi connectivity index (χ0v) is 15.5. The van der Waals surface area contributed by atoms with Crippen LogP contribution in [-0.2, 0) is 0 Å². The molecule has 0 aliphatic carbocycles. The Bertz CT molecular complexity index is 1020. The predicted molar refractivity (Wildman–Crippen MR) is 104 cm³/mol. The molecule has 0 saturated heterocycles. The summed E-state index contributed by atoms with van der Waals surface area (Å²) in [6.45, 7) is 0. The first-order valence-corrected chi connectivity index (χ1v) is 8.61. The van der Waals surface area contributed by atoms with Crippen molar-refractivity contribution in [1.82, 2.24) is 4.98 Å². The zero-order chi connectivity index (χ0) is 19.2. The zero-order valence-electron chi connectivity index (χ0n) is 13.9. The number of rotatable bonds is 5. The van der Waals surface area contributed by atoms with Gasteiger partial charge in [-0.05, 0) is 48.5 Å². The molecule has 0 aliphatic heterocycles. The summed E-state index contributed by atoms with van der Waals surface area (Å²) in [5, 5.41) is 9.06. The summed E-state index contributed by atoms with van der Waals surface area (Å²) in [5.74, 6) is -1.24. The highest BCUT2D eigenvalue weighted by Crippen LogP contribution is 2.24. The van der Waals surface area contributed by atoms with E-state index >= 15 is 0 Å². The Morgan fingerprint density at radius 2 is 1.89 bits per heavy atom. The molecule has 1 aromatic heterocycles. The molecule has 2 aromatic carbocycles. The monoisotopic (exact) mass is 424 g/mol. The molecule has 134 valence electrons. The molecule has 1 N–H and O–H groups in total. The first-order chi connectivity index (χ1) is 13.0. The van der Waals surface area contributed by atoms with Crippen LogP contribution in [0, 0.1) is 0 Å². The fraction of sp³-hybridized carbons (Fsp3) is 0. The van der Waals surface area contributed by atoms with Crippen molar-refractivity contribution in [3.8, 4) is 5.75 Å². The van der Waals surface area contributed by atoms with Gasteiger partial charge in [0.05, 0.1) is 16.8 Å². The summed E-state index contributed by atoms with van der Waals surface area (Å²) in [5.41, 5.74) is 1.50. The first kappa shape index (κ1) is 18.5. The van der Waals surface area contributed by atoms with Crippen LogP contribution in [0.25, 0.3) is 0 Å². The summed E-state index contributed by atoms with van der Waals surface area (Å²) in [7, 11) is 0. The fourth-order valence-corrected chi connectivity index (χ4v) is 2.60. The molecule has 3 aromatic rings. The number of benzene rings is 2. The van der Waals surface area contributed by atoms with Crippen LogP contribution >= 0.6 is 15.9 Å². The fourth-order valence-electron chi connectivity index (χ4n) is 2.22. The minimum absolute atomic E-state index is 0.141. The molecule has 7 heteroatoms. The van der Waals surface area contributed by atoms with Crippen LogP contribution < -0.4 is 4.74 Å².